The van der Waals surface area contributed by atoms with Gasteiger partial charge in [-0.3, -0.25) is 14.5 Å². The zero-order valence-electron chi connectivity index (χ0n) is 10.7. The zero-order chi connectivity index (χ0) is 14.9. The van der Waals surface area contributed by atoms with E-state index in [2.05, 4.69) is 5.32 Å². The van der Waals surface area contributed by atoms with Crippen LogP contribution in [0.2, 0.25) is 0 Å². The van der Waals surface area contributed by atoms with Gasteiger partial charge in [0, 0.05) is 12.7 Å². The van der Waals surface area contributed by atoms with Gasteiger partial charge < -0.3 is 16.0 Å². The van der Waals surface area contributed by atoms with E-state index in [1.165, 1.54) is 24.1 Å². The van der Waals surface area contributed by atoms with E-state index < -0.39 is 30.2 Å². The Labute approximate surface area is 114 Å². The molecule has 0 saturated carbocycles. The standard InChI is InChI=1S/C12H13FN4O3/c1-16-6-11(19)17(12(16)20)5-10(18)15-9-4-7(14)2-3-8(9)13/h2-4H,5-6,14H2,1H3,(H,15,18). The molecule has 0 radical (unpaired) electrons. The summed E-state index contributed by atoms with van der Waals surface area (Å²) >= 11 is 0. The molecule has 0 bridgehead atoms. The lowest BCUT2D eigenvalue weighted by molar-refractivity contribution is -0.129. The monoisotopic (exact) mass is 280 g/mol. The Hall–Kier alpha value is -2.64. The fraction of sp³-hybridized carbons (Fsp3) is 0.250. The molecule has 1 aliphatic rings. The number of nitrogens with one attached hydrogen (secondary N) is 1. The minimum absolute atomic E-state index is 0.0707. The lowest BCUT2D eigenvalue weighted by Crippen LogP contribution is -2.38. The molecule has 1 fully saturated rings. The fourth-order valence-electron chi connectivity index (χ4n) is 1.80. The van der Waals surface area contributed by atoms with E-state index in [4.69, 9.17) is 5.73 Å². The molecule has 1 heterocycles. The van der Waals surface area contributed by atoms with Crippen molar-refractivity contribution < 1.29 is 18.8 Å². The summed E-state index contributed by atoms with van der Waals surface area (Å²) in [7, 11) is 1.45. The largest absolute Gasteiger partial charge is 0.399 e. The Kier molecular flexibility index (Phi) is 3.55. The molecule has 4 amide bonds. The molecule has 0 aliphatic carbocycles. The Morgan fingerprint density at radius 3 is 2.75 bits per heavy atom. The van der Waals surface area contributed by atoms with Gasteiger partial charge in [-0.25, -0.2) is 9.18 Å². The molecule has 0 aromatic heterocycles. The minimum Gasteiger partial charge on any atom is -0.399 e. The number of likely N-dealkylation sites (N-methyl/N-ethyl adjacent to an activating group) is 1. The number of carbonyl (C=O) groups excluding carboxylic acids is 3. The van der Waals surface area contributed by atoms with Crippen molar-refractivity contribution in [3.05, 3.63) is 24.0 Å². The van der Waals surface area contributed by atoms with Crippen molar-refractivity contribution >= 4 is 29.2 Å². The normalized spacial score (nSPS) is 14.9. The van der Waals surface area contributed by atoms with Gasteiger partial charge in [-0.2, -0.15) is 0 Å². The first-order valence-corrected chi connectivity index (χ1v) is 5.79. The molecular formula is C12H13FN4O3. The number of nitrogens with two attached hydrogens (primary N) is 1. The highest BCUT2D eigenvalue weighted by atomic mass is 19.1. The Morgan fingerprint density at radius 1 is 1.45 bits per heavy atom. The first-order chi connectivity index (χ1) is 9.38. The molecule has 0 atom stereocenters. The van der Waals surface area contributed by atoms with E-state index in [0.29, 0.717) is 0 Å². The van der Waals surface area contributed by atoms with Crippen LogP contribution in [-0.4, -0.2) is 47.8 Å². The number of halogens is 1. The van der Waals surface area contributed by atoms with Crippen molar-refractivity contribution in [2.75, 3.05) is 31.2 Å². The van der Waals surface area contributed by atoms with Crippen LogP contribution in [0.25, 0.3) is 0 Å². The quantitative estimate of drug-likeness (QED) is 0.612. The van der Waals surface area contributed by atoms with Crippen LogP contribution in [-0.2, 0) is 9.59 Å². The number of rotatable bonds is 3. The van der Waals surface area contributed by atoms with Gasteiger partial charge in [-0.15, -0.1) is 0 Å². The van der Waals surface area contributed by atoms with Gasteiger partial charge in [0.15, 0.2) is 0 Å². The average molecular weight is 280 g/mol. The summed E-state index contributed by atoms with van der Waals surface area (Å²) in [6.45, 7) is -0.533. The number of carbonyl (C=O) groups is 3. The Balaban J connectivity index is 2.04. The third-order valence-corrected chi connectivity index (χ3v) is 2.80. The van der Waals surface area contributed by atoms with Crippen LogP contribution in [0, 0.1) is 5.82 Å². The van der Waals surface area contributed by atoms with Crippen molar-refractivity contribution in [3.63, 3.8) is 0 Å². The van der Waals surface area contributed by atoms with Gasteiger partial charge in [0.1, 0.15) is 18.9 Å². The first kappa shape index (κ1) is 13.8. The van der Waals surface area contributed by atoms with E-state index in [1.807, 2.05) is 0 Å². The number of nitrogens with zero attached hydrogens (tertiary/aromatic N) is 2. The second kappa shape index (κ2) is 5.16. The van der Waals surface area contributed by atoms with Gasteiger partial charge in [-0.05, 0) is 18.2 Å². The molecule has 3 N–H and O–H groups in total. The van der Waals surface area contributed by atoms with Gasteiger partial charge >= 0.3 is 6.03 Å². The highest BCUT2D eigenvalue weighted by Gasteiger charge is 2.34. The van der Waals surface area contributed by atoms with Gasteiger partial charge in [-0.1, -0.05) is 0 Å². The number of nitrogen functional groups attached to an aromatic ring is 1. The molecule has 0 unspecified atom stereocenters. The summed E-state index contributed by atoms with van der Waals surface area (Å²) in [5.41, 5.74) is 5.68. The molecule has 8 heteroatoms. The van der Waals surface area contributed by atoms with Crippen molar-refractivity contribution in [3.8, 4) is 0 Å². The predicted molar refractivity (Wildman–Crippen MR) is 69.2 cm³/mol. The lowest BCUT2D eigenvalue weighted by atomic mass is 10.2. The second-order valence-corrected chi connectivity index (χ2v) is 4.41. The molecule has 0 spiro atoms. The van der Waals surface area contributed by atoms with E-state index >= 15 is 0 Å². The molecule has 1 saturated heterocycles. The van der Waals surface area contributed by atoms with Crippen LogP contribution in [0.1, 0.15) is 0 Å². The third kappa shape index (κ3) is 2.68. The smallest absolute Gasteiger partial charge is 0.327 e. The number of urea groups is 1. The molecule has 2 rings (SSSR count). The van der Waals surface area contributed by atoms with E-state index in [1.54, 1.807) is 0 Å². The van der Waals surface area contributed by atoms with Crippen molar-refractivity contribution in [2.45, 2.75) is 0 Å². The molecule has 1 aliphatic heterocycles. The van der Waals surface area contributed by atoms with E-state index in [-0.39, 0.29) is 17.9 Å². The number of anilines is 2. The number of hydrogen-bond acceptors (Lipinski definition) is 4. The summed E-state index contributed by atoms with van der Waals surface area (Å²) < 4.78 is 13.4. The van der Waals surface area contributed by atoms with Crippen LogP contribution < -0.4 is 11.1 Å². The van der Waals surface area contributed by atoms with Crippen molar-refractivity contribution in [1.29, 1.82) is 0 Å². The van der Waals surface area contributed by atoms with Crippen molar-refractivity contribution in [1.82, 2.24) is 9.80 Å². The van der Waals surface area contributed by atoms with Crippen molar-refractivity contribution in [2.24, 2.45) is 0 Å². The maximum atomic E-state index is 13.4. The molecule has 1 aromatic carbocycles. The van der Waals surface area contributed by atoms with Crippen LogP contribution in [0.4, 0.5) is 20.6 Å². The molecular weight excluding hydrogens is 267 g/mol. The number of hydrogen-bond donors (Lipinski definition) is 2. The van der Waals surface area contributed by atoms with Gasteiger partial charge in [0.25, 0.3) is 5.91 Å². The zero-order valence-corrected chi connectivity index (χ0v) is 10.7. The van der Waals surface area contributed by atoms with Gasteiger partial charge in [0.2, 0.25) is 5.91 Å². The van der Waals surface area contributed by atoms with E-state index in [0.717, 1.165) is 11.0 Å². The Bertz CT molecular complexity index is 590. The SMILES string of the molecule is CN1CC(=O)N(CC(=O)Nc2cc(N)ccc2F)C1=O. The first-order valence-electron chi connectivity index (χ1n) is 5.79. The highest BCUT2D eigenvalue weighted by molar-refractivity contribution is 6.06. The molecule has 7 nitrogen and oxygen atoms in total. The summed E-state index contributed by atoms with van der Waals surface area (Å²) in [5, 5.41) is 2.28. The lowest BCUT2D eigenvalue weighted by Gasteiger charge is -2.14. The molecule has 106 valence electrons. The molecule has 20 heavy (non-hydrogen) atoms. The summed E-state index contributed by atoms with van der Waals surface area (Å²) in [4.78, 5) is 36.8. The van der Waals surface area contributed by atoms with Crippen LogP contribution >= 0.6 is 0 Å². The van der Waals surface area contributed by atoms with Gasteiger partial charge in [0.05, 0.1) is 5.69 Å². The van der Waals surface area contributed by atoms with Crippen LogP contribution in [0.5, 0.6) is 0 Å². The maximum Gasteiger partial charge on any atom is 0.327 e. The Morgan fingerprint density at radius 2 is 2.15 bits per heavy atom. The maximum absolute atomic E-state index is 13.4. The van der Waals surface area contributed by atoms with Crippen LogP contribution in [0.3, 0.4) is 0 Å². The summed E-state index contributed by atoms with van der Waals surface area (Å²) in [6, 6.07) is 3.17. The summed E-state index contributed by atoms with van der Waals surface area (Å²) in [5.74, 6) is -1.80. The number of imide groups is 1. The number of benzene rings is 1. The van der Waals surface area contributed by atoms with Crippen LogP contribution in [0.15, 0.2) is 18.2 Å². The van der Waals surface area contributed by atoms with E-state index in [9.17, 15) is 18.8 Å². The minimum atomic E-state index is -0.675. The highest BCUT2D eigenvalue weighted by Crippen LogP contribution is 2.17. The second-order valence-electron chi connectivity index (χ2n) is 4.41. The third-order valence-electron chi connectivity index (χ3n) is 2.80. The predicted octanol–water partition coefficient (Wildman–Crippen LogP) is 0.240. The topological polar surface area (TPSA) is 95.7 Å². The fourth-order valence-corrected chi connectivity index (χ4v) is 1.80. The summed E-state index contributed by atoms with van der Waals surface area (Å²) in [6.07, 6.45) is 0. The molecule has 1 aromatic rings. The average Bonchev–Trinajstić information content (AvgIpc) is 2.61. The number of amides is 4.